The van der Waals surface area contributed by atoms with Crippen molar-refractivity contribution in [3.63, 3.8) is 0 Å². The highest BCUT2D eigenvalue weighted by Gasteiger charge is 2.59. The van der Waals surface area contributed by atoms with Gasteiger partial charge in [0.25, 0.3) is 5.91 Å². The van der Waals surface area contributed by atoms with Gasteiger partial charge in [0.2, 0.25) is 5.67 Å². The molecule has 0 aromatic heterocycles. The zero-order chi connectivity index (χ0) is 28.1. The van der Waals surface area contributed by atoms with Crippen molar-refractivity contribution in [2.24, 2.45) is 0 Å². The van der Waals surface area contributed by atoms with E-state index in [4.69, 9.17) is 20.2 Å². The third kappa shape index (κ3) is 7.12. The third-order valence-corrected chi connectivity index (χ3v) is 8.17. The van der Waals surface area contributed by atoms with Crippen LogP contribution in [0, 0.1) is 19.3 Å². The Morgan fingerprint density at radius 3 is 2.71 bits per heavy atom. The number of hydrogen-bond acceptors (Lipinski definition) is 9. The molecule has 2 aliphatic rings. The molecule has 5 atom stereocenters. The number of benzene rings is 1. The van der Waals surface area contributed by atoms with E-state index in [2.05, 4.69) is 17.0 Å². The average molecular weight is 568 g/mol. The van der Waals surface area contributed by atoms with Crippen molar-refractivity contribution < 1.29 is 37.4 Å². The van der Waals surface area contributed by atoms with Gasteiger partial charge in [-0.2, -0.15) is 0 Å². The summed E-state index contributed by atoms with van der Waals surface area (Å²) in [5, 5.41) is 15.8. The van der Waals surface area contributed by atoms with Gasteiger partial charge in [-0.05, 0) is 19.4 Å². The molecule has 206 valence electrons. The summed E-state index contributed by atoms with van der Waals surface area (Å²) in [7, 11) is -4.01. The maximum atomic E-state index is 15.8. The van der Waals surface area contributed by atoms with Crippen LogP contribution in [0.1, 0.15) is 25.0 Å². The number of amides is 1. The number of ether oxygens (including phenoxy) is 1. The average Bonchev–Trinajstić information content (AvgIpc) is 3.13. The highest BCUT2D eigenvalue weighted by atomic mass is 32.2. The summed E-state index contributed by atoms with van der Waals surface area (Å²) in [6.07, 6.45) is 2.00. The number of halogens is 1. The van der Waals surface area contributed by atoms with Crippen LogP contribution < -0.4 is 10.4 Å². The van der Waals surface area contributed by atoms with Crippen molar-refractivity contribution in [1.29, 1.82) is 0 Å². The molecule has 3 N–H and O–H groups in total. The molecular formula is C25H31FN3O7PS. The van der Waals surface area contributed by atoms with E-state index in [9.17, 15) is 19.3 Å². The molecule has 3 rings (SSSR count). The van der Waals surface area contributed by atoms with E-state index in [0.717, 1.165) is 22.9 Å². The van der Waals surface area contributed by atoms with E-state index in [-0.39, 0.29) is 35.4 Å². The quantitative estimate of drug-likeness (QED) is 0.209. The molecule has 1 aromatic rings. The molecule has 0 saturated carbocycles. The van der Waals surface area contributed by atoms with Gasteiger partial charge in [0.1, 0.15) is 18.0 Å². The van der Waals surface area contributed by atoms with Crippen molar-refractivity contribution in [1.82, 2.24) is 15.3 Å². The number of aliphatic hydroxyl groups is 1. The number of aliphatic hydroxyl groups excluding tert-OH is 1. The maximum Gasteiger partial charge on any atom is 0.405 e. The van der Waals surface area contributed by atoms with Crippen molar-refractivity contribution in [2.75, 3.05) is 19.0 Å². The van der Waals surface area contributed by atoms with Gasteiger partial charge in [-0.3, -0.25) is 18.6 Å². The number of thioether (sulfide) groups is 1. The van der Waals surface area contributed by atoms with E-state index in [0.29, 0.717) is 0 Å². The second-order valence-electron chi connectivity index (χ2n) is 8.79. The number of hydrogen-bond donors (Lipinski definition) is 3. The summed E-state index contributed by atoms with van der Waals surface area (Å²) in [5.41, 5.74) is -0.608. The maximum absolute atomic E-state index is 15.8. The molecule has 1 unspecified atom stereocenters. The van der Waals surface area contributed by atoms with E-state index in [1.165, 1.54) is 24.9 Å². The number of nitrogens with zero attached hydrogens (tertiary/aromatic N) is 1. The van der Waals surface area contributed by atoms with E-state index >= 15 is 4.39 Å². The van der Waals surface area contributed by atoms with Crippen molar-refractivity contribution in [2.45, 2.75) is 51.4 Å². The van der Waals surface area contributed by atoms with Crippen molar-refractivity contribution in [3.05, 3.63) is 59.6 Å². The minimum Gasteiger partial charge on any atom is -0.386 e. The fraction of sp³-hybridized carbons (Fsp3) is 0.440. The molecule has 1 saturated heterocycles. The van der Waals surface area contributed by atoms with Crippen molar-refractivity contribution in [3.8, 4) is 12.3 Å². The van der Waals surface area contributed by atoms with Crippen LogP contribution in [0.5, 0.6) is 0 Å². The molecule has 1 fully saturated rings. The number of aryl methyl sites for hydroxylation is 1. The molecule has 2 heterocycles. The molecule has 0 radical (unpaired) electrons. The lowest BCUT2D eigenvalue weighted by molar-refractivity contribution is -0.119. The molecular weight excluding hydrogens is 536 g/mol. The lowest BCUT2D eigenvalue weighted by Crippen LogP contribution is -2.52. The summed E-state index contributed by atoms with van der Waals surface area (Å²) < 4.78 is 46.1. The fourth-order valence-electron chi connectivity index (χ4n) is 3.70. The second-order valence-corrected chi connectivity index (χ2v) is 11.9. The van der Waals surface area contributed by atoms with Crippen LogP contribution in [-0.2, 0) is 34.5 Å². The van der Waals surface area contributed by atoms with Gasteiger partial charge >= 0.3 is 7.75 Å². The van der Waals surface area contributed by atoms with Crippen LogP contribution in [-0.4, -0.2) is 64.1 Å². The first-order chi connectivity index (χ1) is 17.9. The zero-order valence-corrected chi connectivity index (χ0v) is 23.0. The highest BCUT2D eigenvalue weighted by Crippen LogP contribution is 2.46. The number of carbonyl (C=O) groups excluding carboxylic acids is 2. The summed E-state index contributed by atoms with van der Waals surface area (Å²) in [6, 6.07) is 7.47. The first-order valence-corrected chi connectivity index (χ1v) is 14.2. The fourth-order valence-corrected chi connectivity index (χ4v) is 5.58. The summed E-state index contributed by atoms with van der Waals surface area (Å²) >= 11 is 0.997. The SMILES string of the molecule is C#C[C@@]1(F)[C@H](O)[C@@H](COP(=O)(NCc2ccc(C)cc2)OCCSC(C)=O)O[C@H]1N1C=C(C)C(=O)NC1=C. The molecule has 0 spiro atoms. The normalized spacial score (nSPS) is 26.9. The van der Waals surface area contributed by atoms with Crippen LogP contribution in [0.2, 0.25) is 0 Å². The summed E-state index contributed by atoms with van der Waals surface area (Å²) in [6.45, 7) is 8.05. The van der Waals surface area contributed by atoms with Crippen LogP contribution in [0.25, 0.3) is 0 Å². The Kier molecular flexibility index (Phi) is 9.95. The smallest absolute Gasteiger partial charge is 0.386 e. The Morgan fingerprint density at radius 2 is 2.08 bits per heavy atom. The highest BCUT2D eigenvalue weighted by molar-refractivity contribution is 8.13. The monoisotopic (exact) mass is 567 g/mol. The van der Waals surface area contributed by atoms with Gasteiger partial charge in [0.15, 0.2) is 11.3 Å². The van der Waals surface area contributed by atoms with Gasteiger partial charge < -0.3 is 20.1 Å². The molecule has 1 amide bonds. The first kappa shape index (κ1) is 30.1. The molecule has 2 aliphatic heterocycles. The number of terminal acetylenes is 1. The van der Waals surface area contributed by atoms with E-state index < -0.39 is 44.4 Å². The van der Waals surface area contributed by atoms with Crippen LogP contribution >= 0.6 is 19.5 Å². The topological polar surface area (TPSA) is 126 Å². The predicted octanol–water partition coefficient (Wildman–Crippen LogP) is 2.74. The molecule has 13 heteroatoms. The van der Waals surface area contributed by atoms with Crippen LogP contribution in [0.15, 0.2) is 48.4 Å². The molecule has 38 heavy (non-hydrogen) atoms. The number of rotatable bonds is 11. The Morgan fingerprint density at radius 1 is 1.39 bits per heavy atom. The molecule has 1 aromatic carbocycles. The van der Waals surface area contributed by atoms with Gasteiger partial charge in [-0.15, -0.1) is 6.42 Å². The number of nitrogens with one attached hydrogen (secondary N) is 2. The van der Waals surface area contributed by atoms with Gasteiger partial charge in [-0.25, -0.2) is 14.0 Å². The Hall–Kier alpha value is -2.49. The standard InChI is InChI=1S/C25H31FN3O7PS/c1-6-25(26)22(31)21(36-24(25)29-14-17(3)23(32)28-18(29)4)15-35-37(33,34-11-12-38-19(5)30)27-13-20-9-7-16(2)8-10-20/h1,7-10,14,21-22,24,31H,4,11-13,15H2,2-3,5H3,(H,27,33)(H,28,32)/t21-,22-,24-,25-,37?/m1/s1. The Balaban J connectivity index is 1.74. The zero-order valence-electron chi connectivity index (χ0n) is 21.3. The van der Waals surface area contributed by atoms with Crippen LogP contribution in [0.3, 0.4) is 0 Å². The Bertz CT molecular complexity index is 1190. The third-order valence-electron chi connectivity index (χ3n) is 5.84. The summed E-state index contributed by atoms with van der Waals surface area (Å²) in [5.74, 6) is 1.76. The minimum absolute atomic E-state index is 0.00776. The van der Waals surface area contributed by atoms with E-state index in [1.807, 2.05) is 37.1 Å². The minimum atomic E-state index is -4.01. The van der Waals surface area contributed by atoms with Crippen LogP contribution in [0.4, 0.5) is 4.39 Å². The Labute approximate surface area is 225 Å². The van der Waals surface area contributed by atoms with Gasteiger partial charge in [-0.1, -0.05) is 54.1 Å². The lowest BCUT2D eigenvalue weighted by Gasteiger charge is -2.36. The predicted molar refractivity (Wildman–Crippen MR) is 141 cm³/mol. The van der Waals surface area contributed by atoms with Crippen molar-refractivity contribution >= 4 is 30.5 Å². The first-order valence-electron chi connectivity index (χ1n) is 11.7. The molecule has 10 nitrogen and oxygen atoms in total. The molecule has 0 aliphatic carbocycles. The number of alkyl halides is 1. The van der Waals surface area contributed by atoms with Gasteiger partial charge in [0.05, 0.1) is 13.2 Å². The number of carbonyl (C=O) groups is 2. The lowest BCUT2D eigenvalue weighted by atomic mass is 9.96. The largest absolute Gasteiger partial charge is 0.405 e. The summed E-state index contributed by atoms with van der Waals surface area (Å²) in [4.78, 5) is 24.3. The molecule has 0 bridgehead atoms. The van der Waals surface area contributed by atoms with E-state index in [1.54, 1.807) is 0 Å². The second kappa shape index (κ2) is 12.6. The van der Waals surface area contributed by atoms with Gasteiger partial charge in [0, 0.05) is 31.0 Å².